The number of hydrogen-bond acceptors (Lipinski definition) is 2. The van der Waals surface area contributed by atoms with Gasteiger partial charge in [-0.15, -0.1) is 0 Å². The van der Waals surface area contributed by atoms with Crippen LogP contribution in [0.2, 0.25) is 0 Å². The van der Waals surface area contributed by atoms with Gasteiger partial charge in [0, 0.05) is 6.61 Å². The number of aliphatic hydroxyl groups excluding tert-OH is 1. The Kier molecular flexibility index (Phi) is 3.31. The Bertz CT molecular complexity index is 142. The highest BCUT2D eigenvalue weighted by atomic mass is 19.4. The smallest absolute Gasteiger partial charge is 0.402 e. The van der Waals surface area contributed by atoms with E-state index in [1.807, 2.05) is 0 Å². The van der Waals surface area contributed by atoms with Crippen molar-refractivity contribution in [2.24, 2.45) is 5.92 Å². The van der Waals surface area contributed by atoms with Gasteiger partial charge < -0.3 is 10.2 Å². The van der Waals surface area contributed by atoms with Crippen LogP contribution in [-0.4, -0.2) is 29.0 Å². The van der Waals surface area contributed by atoms with Crippen molar-refractivity contribution in [1.82, 2.24) is 0 Å². The third kappa shape index (κ3) is 3.22. The van der Waals surface area contributed by atoms with Crippen LogP contribution in [0.15, 0.2) is 0 Å². The second kappa shape index (κ2) is 3.56. The summed E-state index contributed by atoms with van der Waals surface area (Å²) in [6.07, 6.45) is -5.56. The molecule has 66 valence electrons. The second-order valence-electron chi connectivity index (χ2n) is 1.94. The van der Waals surface area contributed by atoms with Crippen molar-refractivity contribution < 1.29 is 28.2 Å². The van der Waals surface area contributed by atoms with Gasteiger partial charge in [-0.3, -0.25) is 4.79 Å². The number of hydrogen-bond donors (Lipinski definition) is 2. The Morgan fingerprint density at radius 1 is 1.45 bits per heavy atom. The third-order valence-corrected chi connectivity index (χ3v) is 1.11. The van der Waals surface area contributed by atoms with E-state index in [1.165, 1.54) is 0 Å². The van der Waals surface area contributed by atoms with Gasteiger partial charge in [-0.1, -0.05) is 0 Å². The molecule has 2 N–H and O–H groups in total. The van der Waals surface area contributed by atoms with Crippen molar-refractivity contribution in [3.63, 3.8) is 0 Å². The van der Waals surface area contributed by atoms with E-state index in [-0.39, 0.29) is 0 Å². The van der Waals surface area contributed by atoms with Crippen LogP contribution < -0.4 is 0 Å². The summed E-state index contributed by atoms with van der Waals surface area (Å²) in [5.41, 5.74) is 0. The van der Waals surface area contributed by atoms with Crippen molar-refractivity contribution in [3.05, 3.63) is 0 Å². The average molecular weight is 172 g/mol. The van der Waals surface area contributed by atoms with Crippen LogP contribution in [0.1, 0.15) is 6.42 Å². The molecule has 0 rings (SSSR count). The molecular formula is C5H7F3O3. The molecule has 0 aliphatic rings. The van der Waals surface area contributed by atoms with Crippen molar-refractivity contribution in [3.8, 4) is 0 Å². The first kappa shape index (κ1) is 10.2. The number of carboxylic acids is 1. The zero-order valence-electron chi connectivity index (χ0n) is 5.43. The molecule has 0 amide bonds. The Morgan fingerprint density at radius 3 is 2.00 bits per heavy atom. The van der Waals surface area contributed by atoms with Crippen molar-refractivity contribution >= 4 is 5.97 Å². The highest BCUT2D eigenvalue weighted by Gasteiger charge is 2.44. The summed E-state index contributed by atoms with van der Waals surface area (Å²) in [4.78, 5) is 9.90. The topological polar surface area (TPSA) is 57.5 Å². The van der Waals surface area contributed by atoms with Gasteiger partial charge in [0.2, 0.25) is 0 Å². The molecule has 0 saturated carbocycles. The van der Waals surface area contributed by atoms with Gasteiger partial charge in [-0.2, -0.15) is 13.2 Å². The first-order valence-corrected chi connectivity index (χ1v) is 2.80. The maximum atomic E-state index is 11.7. The van der Waals surface area contributed by atoms with Gasteiger partial charge in [0.1, 0.15) is 0 Å². The van der Waals surface area contributed by atoms with E-state index in [2.05, 4.69) is 0 Å². The molecule has 3 nitrogen and oxygen atoms in total. The van der Waals surface area contributed by atoms with Gasteiger partial charge in [0.15, 0.2) is 5.92 Å². The van der Waals surface area contributed by atoms with E-state index < -0.39 is 31.1 Å². The first-order chi connectivity index (χ1) is 4.89. The van der Waals surface area contributed by atoms with E-state index in [9.17, 15) is 18.0 Å². The Balaban J connectivity index is 4.22. The Morgan fingerprint density at radius 2 is 1.91 bits per heavy atom. The fraction of sp³-hybridized carbons (Fsp3) is 0.800. The minimum absolute atomic E-state index is 0.781. The lowest BCUT2D eigenvalue weighted by Gasteiger charge is -2.13. The molecule has 0 aromatic rings. The maximum absolute atomic E-state index is 11.7. The largest absolute Gasteiger partial charge is 0.481 e. The molecule has 0 bridgehead atoms. The number of aliphatic carboxylic acids is 1. The molecule has 0 aliphatic carbocycles. The Hall–Kier alpha value is -0.780. The Labute approximate surface area is 60.4 Å². The highest BCUT2D eigenvalue weighted by Crippen LogP contribution is 2.28. The predicted octanol–water partition coefficient (Wildman–Crippen LogP) is 0.632. The van der Waals surface area contributed by atoms with Crippen LogP contribution in [0.3, 0.4) is 0 Å². The molecule has 0 saturated heterocycles. The van der Waals surface area contributed by atoms with Crippen LogP contribution in [0.5, 0.6) is 0 Å². The molecule has 0 spiro atoms. The molecule has 0 aromatic heterocycles. The summed E-state index contributed by atoms with van der Waals surface area (Å²) in [5, 5.41) is 16.1. The molecule has 11 heavy (non-hydrogen) atoms. The fourth-order valence-electron chi connectivity index (χ4n) is 0.556. The molecule has 6 heteroatoms. The fourth-order valence-corrected chi connectivity index (χ4v) is 0.556. The van der Waals surface area contributed by atoms with Crippen LogP contribution in [0.25, 0.3) is 0 Å². The lowest BCUT2D eigenvalue weighted by Crippen LogP contribution is -2.31. The molecule has 1 atom stereocenters. The van der Waals surface area contributed by atoms with Gasteiger partial charge in [-0.05, 0) is 6.42 Å². The van der Waals surface area contributed by atoms with E-state index in [0.29, 0.717) is 0 Å². The number of carboxylic acid groups (broad SMARTS) is 1. The summed E-state index contributed by atoms with van der Waals surface area (Å²) in [6, 6.07) is 0. The average Bonchev–Trinajstić information content (AvgIpc) is 1.79. The second-order valence-corrected chi connectivity index (χ2v) is 1.94. The van der Waals surface area contributed by atoms with Gasteiger partial charge in [-0.25, -0.2) is 0 Å². The molecule has 1 unspecified atom stereocenters. The number of rotatable bonds is 3. The van der Waals surface area contributed by atoms with Gasteiger partial charge >= 0.3 is 12.1 Å². The van der Waals surface area contributed by atoms with E-state index in [0.717, 1.165) is 0 Å². The molecular weight excluding hydrogens is 165 g/mol. The van der Waals surface area contributed by atoms with Gasteiger partial charge in [0.05, 0.1) is 0 Å². The normalized spacial score (nSPS) is 14.5. The molecule has 0 radical (unpaired) electrons. The minimum atomic E-state index is -4.77. The lowest BCUT2D eigenvalue weighted by atomic mass is 10.1. The summed E-state index contributed by atoms with van der Waals surface area (Å²) < 4.78 is 35.0. The number of alkyl halides is 3. The lowest BCUT2D eigenvalue weighted by molar-refractivity contribution is -0.195. The van der Waals surface area contributed by atoms with E-state index in [4.69, 9.17) is 10.2 Å². The number of aliphatic hydroxyl groups is 1. The minimum Gasteiger partial charge on any atom is -0.481 e. The molecule has 0 fully saturated rings. The zero-order chi connectivity index (χ0) is 9.07. The van der Waals surface area contributed by atoms with E-state index in [1.54, 1.807) is 0 Å². The highest BCUT2D eigenvalue weighted by molar-refractivity contribution is 5.70. The van der Waals surface area contributed by atoms with E-state index >= 15 is 0 Å². The maximum Gasteiger partial charge on any atom is 0.402 e. The number of halogens is 3. The monoisotopic (exact) mass is 172 g/mol. The van der Waals surface area contributed by atoms with Crippen LogP contribution in [0, 0.1) is 5.92 Å². The van der Waals surface area contributed by atoms with Crippen molar-refractivity contribution in [2.75, 3.05) is 6.61 Å². The van der Waals surface area contributed by atoms with Crippen LogP contribution in [0.4, 0.5) is 13.2 Å². The van der Waals surface area contributed by atoms with Crippen LogP contribution in [-0.2, 0) is 4.79 Å². The predicted molar refractivity (Wildman–Crippen MR) is 28.9 cm³/mol. The first-order valence-electron chi connectivity index (χ1n) is 2.80. The van der Waals surface area contributed by atoms with Crippen LogP contribution >= 0.6 is 0 Å². The SMILES string of the molecule is O=C(O)C(CCO)C(F)(F)F. The van der Waals surface area contributed by atoms with Crippen molar-refractivity contribution in [1.29, 1.82) is 0 Å². The molecule has 0 aromatic carbocycles. The summed E-state index contributed by atoms with van der Waals surface area (Å²) in [7, 11) is 0. The summed E-state index contributed by atoms with van der Waals surface area (Å²) >= 11 is 0. The standard InChI is InChI=1S/C5H7F3O3/c6-5(7,8)3(1-2-9)4(10)11/h3,9H,1-2H2,(H,10,11). The quantitative estimate of drug-likeness (QED) is 0.656. The van der Waals surface area contributed by atoms with Gasteiger partial charge in [0.25, 0.3) is 0 Å². The zero-order valence-corrected chi connectivity index (χ0v) is 5.43. The number of carbonyl (C=O) groups is 1. The summed E-state index contributed by atoms with van der Waals surface area (Å²) in [5.74, 6) is -4.40. The molecule has 0 heterocycles. The third-order valence-electron chi connectivity index (χ3n) is 1.11. The molecule has 0 aliphatic heterocycles. The van der Waals surface area contributed by atoms with Crippen molar-refractivity contribution in [2.45, 2.75) is 12.6 Å². The summed E-state index contributed by atoms with van der Waals surface area (Å²) in [6.45, 7) is -0.781.